The van der Waals surface area contributed by atoms with Crippen molar-refractivity contribution in [2.45, 2.75) is 39.7 Å². The lowest BCUT2D eigenvalue weighted by atomic mass is 10.0. The van der Waals surface area contributed by atoms with Gasteiger partial charge in [-0.15, -0.1) is 0 Å². The molecule has 0 radical (unpaired) electrons. The Morgan fingerprint density at radius 2 is 1.70 bits per heavy atom. The quantitative estimate of drug-likeness (QED) is 0.160. The number of aryl methyl sites for hydroxylation is 3. The number of hydrogen-bond acceptors (Lipinski definition) is 7. The molecule has 5 rings (SSSR count). The first kappa shape index (κ1) is 29.6. The van der Waals surface area contributed by atoms with Crippen molar-refractivity contribution in [3.05, 3.63) is 112 Å². The number of aromatic nitrogens is 2. The number of ether oxygens (including phenoxy) is 1. The minimum absolute atomic E-state index is 0.0399. The molecule has 3 aromatic carbocycles. The summed E-state index contributed by atoms with van der Waals surface area (Å²) in [5.74, 6) is 1.00. The normalized spacial score (nSPS) is 11.0. The van der Waals surface area contributed by atoms with E-state index < -0.39 is 5.97 Å². The van der Waals surface area contributed by atoms with E-state index in [4.69, 9.17) is 25.3 Å². The van der Waals surface area contributed by atoms with Crippen LogP contribution in [0.25, 0.3) is 22.7 Å². The van der Waals surface area contributed by atoms with Gasteiger partial charge in [0, 0.05) is 35.5 Å². The summed E-state index contributed by atoms with van der Waals surface area (Å²) in [7, 11) is 0. The Hall–Kier alpha value is -4.89. The van der Waals surface area contributed by atoms with Gasteiger partial charge in [0.05, 0.1) is 12.3 Å². The topological polar surface area (TPSA) is 128 Å². The Morgan fingerprint density at radius 3 is 2.44 bits per heavy atom. The Kier molecular flexibility index (Phi) is 9.22. The standard InChI is InChI=1S/C33H30ClN3O6/c1-20-28(36-33(42-20)24-6-4-3-5-7-24)16-17-41-27-14-10-22(11-15-29(38)39)25(18-27)19-35-32(40)30-21(2)43-37-31(30)23-8-12-26(34)13-9-23/h3-10,12-14,18H,11,15-17,19H2,1-2H3,(H,35,40)(H,38,39). The van der Waals surface area contributed by atoms with Crippen molar-refractivity contribution in [1.29, 1.82) is 0 Å². The summed E-state index contributed by atoms with van der Waals surface area (Å²) >= 11 is 6.01. The predicted octanol–water partition coefficient (Wildman–Crippen LogP) is 6.84. The molecule has 2 aromatic heterocycles. The van der Waals surface area contributed by atoms with E-state index in [-0.39, 0.29) is 18.9 Å². The summed E-state index contributed by atoms with van der Waals surface area (Å²) in [6, 6.07) is 22.1. The van der Waals surface area contributed by atoms with Gasteiger partial charge in [0.25, 0.3) is 5.91 Å². The van der Waals surface area contributed by atoms with Gasteiger partial charge < -0.3 is 24.1 Å². The largest absolute Gasteiger partial charge is 0.493 e. The highest BCUT2D eigenvalue weighted by atomic mass is 35.5. The maximum Gasteiger partial charge on any atom is 0.303 e. The number of carbonyl (C=O) groups is 2. The van der Waals surface area contributed by atoms with Crippen LogP contribution in [0.1, 0.15) is 45.1 Å². The molecule has 0 aliphatic carbocycles. The third-order valence-corrected chi connectivity index (χ3v) is 7.21. The Labute approximate surface area is 253 Å². The molecule has 0 saturated carbocycles. The van der Waals surface area contributed by atoms with Gasteiger partial charge in [-0.1, -0.05) is 53.2 Å². The highest BCUT2D eigenvalue weighted by Gasteiger charge is 2.22. The van der Waals surface area contributed by atoms with Crippen LogP contribution in [-0.4, -0.2) is 33.7 Å². The van der Waals surface area contributed by atoms with Crippen molar-refractivity contribution in [2.75, 3.05) is 6.61 Å². The molecule has 0 aliphatic heterocycles. The molecule has 5 aromatic rings. The summed E-state index contributed by atoms with van der Waals surface area (Å²) in [6.45, 7) is 4.06. The minimum Gasteiger partial charge on any atom is -0.493 e. The molecule has 220 valence electrons. The van der Waals surface area contributed by atoms with E-state index in [0.717, 1.165) is 28.1 Å². The van der Waals surface area contributed by atoms with Crippen LogP contribution in [0.4, 0.5) is 0 Å². The number of carbonyl (C=O) groups excluding carboxylic acids is 1. The molecular formula is C33H30ClN3O6. The summed E-state index contributed by atoms with van der Waals surface area (Å²) in [5.41, 5.74) is 4.69. The lowest BCUT2D eigenvalue weighted by Crippen LogP contribution is -2.24. The molecule has 0 fully saturated rings. The van der Waals surface area contributed by atoms with E-state index >= 15 is 0 Å². The molecule has 0 bridgehead atoms. The first-order chi connectivity index (χ1) is 20.8. The minimum atomic E-state index is -0.902. The molecule has 0 aliphatic rings. The van der Waals surface area contributed by atoms with Gasteiger partial charge in [-0.05, 0) is 67.8 Å². The van der Waals surface area contributed by atoms with Crippen molar-refractivity contribution < 1.29 is 28.4 Å². The first-order valence-corrected chi connectivity index (χ1v) is 14.1. The number of oxazole rings is 1. The number of nitrogens with one attached hydrogen (secondary N) is 1. The number of rotatable bonds is 12. The molecule has 0 spiro atoms. The average Bonchev–Trinajstić information content (AvgIpc) is 3.58. The van der Waals surface area contributed by atoms with E-state index in [2.05, 4.69) is 15.5 Å². The summed E-state index contributed by atoms with van der Waals surface area (Å²) in [5, 5.41) is 16.8. The van der Waals surface area contributed by atoms with Crippen LogP contribution in [-0.2, 0) is 24.2 Å². The number of carboxylic acid groups (broad SMARTS) is 1. The van der Waals surface area contributed by atoms with Gasteiger partial charge in [-0.3, -0.25) is 9.59 Å². The zero-order valence-corrected chi connectivity index (χ0v) is 24.5. The fourth-order valence-corrected chi connectivity index (χ4v) is 4.81. The predicted molar refractivity (Wildman–Crippen MR) is 161 cm³/mol. The van der Waals surface area contributed by atoms with Gasteiger partial charge in [-0.25, -0.2) is 4.98 Å². The van der Waals surface area contributed by atoms with Crippen LogP contribution < -0.4 is 10.1 Å². The molecule has 2 heterocycles. The van der Waals surface area contributed by atoms with Crippen LogP contribution in [0.3, 0.4) is 0 Å². The highest BCUT2D eigenvalue weighted by molar-refractivity contribution is 6.30. The van der Waals surface area contributed by atoms with E-state index in [1.165, 1.54) is 0 Å². The van der Waals surface area contributed by atoms with Crippen molar-refractivity contribution in [1.82, 2.24) is 15.5 Å². The van der Waals surface area contributed by atoms with Crippen molar-refractivity contribution in [3.63, 3.8) is 0 Å². The fourth-order valence-electron chi connectivity index (χ4n) is 4.68. The Balaban J connectivity index is 1.28. The molecule has 1 amide bonds. The average molecular weight is 600 g/mol. The molecule has 0 atom stereocenters. The van der Waals surface area contributed by atoms with Crippen molar-refractivity contribution >= 4 is 23.5 Å². The van der Waals surface area contributed by atoms with E-state index in [1.54, 1.807) is 37.3 Å². The lowest BCUT2D eigenvalue weighted by molar-refractivity contribution is -0.136. The van der Waals surface area contributed by atoms with Gasteiger partial charge >= 0.3 is 5.97 Å². The van der Waals surface area contributed by atoms with Gasteiger partial charge in [0.2, 0.25) is 5.89 Å². The smallest absolute Gasteiger partial charge is 0.303 e. The number of carboxylic acids is 1. The zero-order chi connectivity index (χ0) is 30.3. The molecule has 10 heteroatoms. The van der Waals surface area contributed by atoms with E-state index in [9.17, 15) is 14.7 Å². The lowest BCUT2D eigenvalue weighted by Gasteiger charge is -2.13. The second kappa shape index (κ2) is 13.4. The number of nitrogens with zero attached hydrogens (tertiary/aromatic N) is 2. The molecule has 0 unspecified atom stereocenters. The third-order valence-electron chi connectivity index (χ3n) is 6.95. The summed E-state index contributed by atoms with van der Waals surface area (Å²) < 4.78 is 17.2. The van der Waals surface area contributed by atoms with Crippen LogP contribution >= 0.6 is 11.6 Å². The monoisotopic (exact) mass is 599 g/mol. The van der Waals surface area contributed by atoms with Crippen LogP contribution in [0.2, 0.25) is 5.02 Å². The van der Waals surface area contributed by atoms with Crippen LogP contribution in [0.5, 0.6) is 5.75 Å². The van der Waals surface area contributed by atoms with Crippen LogP contribution in [0, 0.1) is 13.8 Å². The number of amides is 1. The number of aliphatic carboxylic acids is 1. The van der Waals surface area contributed by atoms with Crippen LogP contribution in [0.15, 0.2) is 81.7 Å². The van der Waals surface area contributed by atoms with Gasteiger partial charge in [-0.2, -0.15) is 0 Å². The number of hydrogen-bond donors (Lipinski definition) is 2. The van der Waals surface area contributed by atoms with E-state index in [1.807, 2.05) is 49.4 Å². The third kappa shape index (κ3) is 7.31. The Bertz CT molecular complexity index is 1730. The highest BCUT2D eigenvalue weighted by Crippen LogP contribution is 2.27. The number of benzene rings is 3. The second-order valence-corrected chi connectivity index (χ2v) is 10.4. The fraction of sp³-hybridized carbons (Fsp3) is 0.212. The molecule has 0 saturated heterocycles. The van der Waals surface area contributed by atoms with Crippen molar-refractivity contribution in [3.8, 4) is 28.5 Å². The number of halogens is 1. The maximum atomic E-state index is 13.3. The van der Waals surface area contributed by atoms with Crippen molar-refractivity contribution in [2.24, 2.45) is 0 Å². The SMILES string of the molecule is Cc1oc(-c2ccccc2)nc1CCOc1ccc(CCC(=O)O)c(CNC(=O)c2c(-c3ccc(Cl)cc3)noc2C)c1. The van der Waals surface area contributed by atoms with Gasteiger partial charge in [0.15, 0.2) is 0 Å². The second-order valence-electron chi connectivity index (χ2n) is 9.96. The molecule has 43 heavy (non-hydrogen) atoms. The zero-order valence-electron chi connectivity index (χ0n) is 23.7. The molecular weight excluding hydrogens is 570 g/mol. The van der Waals surface area contributed by atoms with E-state index in [0.29, 0.717) is 58.7 Å². The molecule has 2 N–H and O–H groups in total. The van der Waals surface area contributed by atoms with Gasteiger partial charge in [0.1, 0.15) is 28.5 Å². The molecule has 9 nitrogen and oxygen atoms in total. The summed E-state index contributed by atoms with van der Waals surface area (Å²) in [4.78, 5) is 29.2. The first-order valence-electron chi connectivity index (χ1n) is 13.8. The maximum absolute atomic E-state index is 13.3. The Morgan fingerprint density at radius 1 is 0.930 bits per heavy atom. The summed E-state index contributed by atoms with van der Waals surface area (Å²) in [6.07, 6.45) is 0.806.